The summed E-state index contributed by atoms with van der Waals surface area (Å²) < 4.78 is 13.0. The first-order valence-corrected chi connectivity index (χ1v) is 10.7. The van der Waals surface area contributed by atoms with Gasteiger partial charge in [0.2, 0.25) is 5.91 Å². The summed E-state index contributed by atoms with van der Waals surface area (Å²) in [5.41, 5.74) is 1.89. The fourth-order valence-electron chi connectivity index (χ4n) is 3.69. The number of hydrogen-bond acceptors (Lipinski definition) is 5. The molecule has 0 spiro atoms. The molecule has 3 aromatic rings. The third kappa shape index (κ3) is 5.25. The Hall–Kier alpha value is -4.01. The van der Waals surface area contributed by atoms with E-state index in [9.17, 15) is 4.79 Å². The van der Waals surface area contributed by atoms with Crippen LogP contribution in [0.15, 0.2) is 65.9 Å². The summed E-state index contributed by atoms with van der Waals surface area (Å²) in [5.74, 6) is 2.80. The van der Waals surface area contributed by atoms with E-state index in [0.717, 1.165) is 17.0 Å². The lowest BCUT2D eigenvalue weighted by Gasteiger charge is -2.35. The monoisotopic (exact) mass is 448 g/mol. The molecule has 2 heterocycles. The number of piperazine rings is 1. The van der Waals surface area contributed by atoms with E-state index >= 15 is 0 Å². The summed E-state index contributed by atoms with van der Waals surface area (Å²) in [6.45, 7) is 2.12. The number of aromatic nitrogens is 2. The van der Waals surface area contributed by atoms with Crippen LogP contribution >= 0.6 is 0 Å². The van der Waals surface area contributed by atoms with Crippen molar-refractivity contribution in [3.8, 4) is 17.2 Å². The van der Waals surface area contributed by atoms with Gasteiger partial charge < -0.3 is 24.6 Å². The van der Waals surface area contributed by atoms with E-state index in [0.29, 0.717) is 37.1 Å². The number of hydrogen-bond donors (Lipinski definition) is 1. The zero-order valence-corrected chi connectivity index (χ0v) is 19.1. The van der Waals surface area contributed by atoms with Crippen molar-refractivity contribution in [1.82, 2.24) is 20.0 Å². The smallest absolute Gasteiger partial charge is 0.246 e. The fourth-order valence-corrected chi connectivity index (χ4v) is 3.69. The van der Waals surface area contributed by atoms with Crippen molar-refractivity contribution in [2.75, 3.05) is 38.7 Å². The molecule has 172 valence electrons. The molecule has 33 heavy (non-hydrogen) atoms. The number of benzene rings is 2. The van der Waals surface area contributed by atoms with E-state index in [2.05, 4.69) is 15.4 Å². The van der Waals surface area contributed by atoms with Gasteiger partial charge in [-0.3, -0.25) is 14.5 Å². The van der Waals surface area contributed by atoms with Crippen molar-refractivity contribution < 1.29 is 14.3 Å². The molecule has 0 bridgehead atoms. The molecular weight excluding hydrogens is 420 g/mol. The number of aliphatic imine (C=N–C) groups is 1. The molecule has 1 aliphatic rings. The summed E-state index contributed by atoms with van der Waals surface area (Å²) >= 11 is 0. The van der Waals surface area contributed by atoms with Crippen LogP contribution in [0.4, 0.5) is 5.69 Å². The van der Waals surface area contributed by atoms with E-state index < -0.39 is 0 Å². The molecule has 1 fully saturated rings. The molecular formula is C24H28N6O3. The SMILES string of the molecule is CN=C(NCc1ccc(Oc2ccccc2OC)cc1)N1CCN(c2cnn(C)c2)C(=O)C1. The molecule has 9 nitrogen and oxygen atoms in total. The van der Waals surface area contributed by atoms with Gasteiger partial charge in [0.1, 0.15) is 12.3 Å². The maximum Gasteiger partial charge on any atom is 0.246 e. The van der Waals surface area contributed by atoms with Crippen LogP contribution in [0.3, 0.4) is 0 Å². The summed E-state index contributed by atoms with van der Waals surface area (Å²) in [5, 5.41) is 7.51. The predicted molar refractivity (Wildman–Crippen MR) is 127 cm³/mol. The lowest BCUT2D eigenvalue weighted by atomic mass is 10.2. The summed E-state index contributed by atoms with van der Waals surface area (Å²) in [6, 6.07) is 15.4. The van der Waals surface area contributed by atoms with Gasteiger partial charge in [0.15, 0.2) is 17.5 Å². The topological polar surface area (TPSA) is 84.2 Å². The first kappa shape index (κ1) is 22.2. The van der Waals surface area contributed by atoms with E-state index in [1.165, 1.54) is 0 Å². The lowest BCUT2D eigenvalue weighted by Crippen LogP contribution is -2.55. The number of carbonyl (C=O) groups is 1. The predicted octanol–water partition coefficient (Wildman–Crippen LogP) is 2.65. The highest BCUT2D eigenvalue weighted by Gasteiger charge is 2.27. The molecule has 1 amide bonds. The summed E-state index contributed by atoms with van der Waals surface area (Å²) in [7, 11) is 5.19. The summed E-state index contributed by atoms with van der Waals surface area (Å²) in [4.78, 5) is 20.8. The van der Waals surface area contributed by atoms with Crippen molar-refractivity contribution in [3.05, 3.63) is 66.5 Å². The van der Waals surface area contributed by atoms with Gasteiger partial charge in [-0.2, -0.15) is 5.10 Å². The van der Waals surface area contributed by atoms with Crippen LogP contribution in [0.5, 0.6) is 17.2 Å². The van der Waals surface area contributed by atoms with Crippen LogP contribution in [-0.2, 0) is 18.4 Å². The fraction of sp³-hybridized carbons (Fsp3) is 0.292. The normalized spacial score (nSPS) is 14.4. The van der Waals surface area contributed by atoms with Crippen LogP contribution in [0.25, 0.3) is 0 Å². The minimum Gasteiger partial charge on any atom is -0.493 e. The molecule has 2 aromatic carbocycles. The van der Waals surface area contributed by atoms with Gasteiger partial charge in [-0.1, -0.05) is 24.3 Å². The maximum atomic E-state index is 12.7. The third-order valence-corrected chi connectivity index (χ3v) is 5.41. The van der Waals surface area contributed by atoms with Crippen LogP contribution in [0.1, 0.15) is 5.56 Å². The highest BCUT2D eigenvalue weighted by atomic mass is 16.5. The quantitative estimate of drug-likeness (QED) is 0.461. The Morgan fingerprint density at radius 2 is 1.88 bits per heavy atom. The number of nitrogens with zero attached hydrogens (tertiary/aromatic N) is 5. The number of nitrogens with one attached hydrogen (secondary N) is 1. The average molecular weight is 449 g/mol. The maximum absolute atomic E-state index is 12.7. The van der Waals surface area contributed by atoms with Crippen molar-refractivity contribution >= 4 is 17.6 Å². The molecule has 1 saturated heterocycles. The van der Waals surface area contributed by atoms with E-state index in [1.807, 2.05) is 66.7 Å². The molecule has 1 N–H and O–H groups in total. The lowest BCUT2D eigenvalue weighted by molar-refractivity contribution is -0.120. The van der Waals surface area contributed by atoms with Crippen molar-refractivity contribution in [2.24, 2.45) is 12.0 Å². The second-order valence-corrected chi connectivity index (χ2v) is 7.64. The number of amides is 1. The van der Waals surface area contributed by atoms with Crippen LogP contribution in [-0.4, -0.2) is 60.3 Å². The second kappa shape index (κ2) is 10.1. The molecule has 0 atom stereocenters. The third-order valence-electron chi connectivity index (χ3n) is 5.41. The largest absolute Gasteiger partial charge is 0.493 e. The van der Waals surface area contributed by atoms with Gasteiger partial charge in [0, 0.05) is 39.9 Å². The van der Waals surface area contributed by atoms with Crippen LogP contribution in [0.2, 0.25) is 0 Å². The van der Waals surface area contributed by atoms with E-state index in [-0.39, 0.29) is 12.5 Å². The first-order valence-electron chi connectivity index (χ1n) is 10.7. The Morgan fingerprint density at radius 3 is 2.52 bits per heavy atom. The van der Waals surface area contributed by atoms with Gasteiger partial charge >= 0.3 is 0 Å². The van der Waals surface area contributed by atoms with Gasteiger partial charge in [0.25, 0.3) is 0 Å². The second-order valence-electron chi connectivity index (χ2n) is 7.64. The number of methoxy groups -OCH3 is 1. The molecule has 1 aromatic heterocycles. The van der Waals surface area contributed by atoms with Gasteiger partial charge in [-0.15, -0.1) is 0 Å². The minimum atomic E-state index is 0.0232. The molecule has 4 rings (SSSR count). The standard InChI is InChI=1S/C24H28N6O3/c1-25-24(29-12-13-30(23(31)17-29)19-15-27-28(2)16-19)26-14-18-8-10-20(11-9-18)33-22-7-5-4-6-21(22)32-3/h4-11,15-16H,12-14,17H2,1-3H3,(H,25,26). The van der Waals surface area contributed by atoms with E-state index in [4.69, 9.17) is 9.47 Å². The zero-order valence-electron chi connectivity index (χ0n) is 19.1. The van der Waals surface area contributed by atoms with Crippen LogP contribution < -0.4 is 19.7 Å². The number of carbonyl (C=O) groups excluding carboxylic acids is 1. The molecule has 0 unspecified atom stereocenters. The highest BCUT2D eigenvalue weighted by Crippen LogP contribution is 2.30. The number of aryl methyl sites for hydroxylation is 1. The summed E-state index contributed by atoms with van der Waals surface area (Å²) in [6.07, 6.45) is 3.56. The molecule has 9 heteroatoms. The Kier molecular flexibility index (Phi) is 6.77. The van der Waals surface area contributed by atoms with E-state index in [1.54, 1.807) is 29.9 Å². The molecule has 0 radical (unpaired) electrons. The van der Waals surface area contributed by atoms with Gasteiger partial charge in [-0.05, 0) is 29.8 Å². The molecule has 0 saturated carbocycles. The number of para-hydroxylation sites is 2. The number of ether oxygens (including phenoxy) is 2. The van der Waals surface area contributed by atoms with Gasteiger partial charge in [-0.25, -0.2) is 0 Å². The van der Waals surface area contributed by atoms with Crippen LogP contribution in [0, 0.1) is 0 Å². The van der Waals surface area contributed by atoms with Crippen molar-refractivity contribution in [2.45, 2.75) is 6.54 Å². The minimum absolute atomic E-state index is 0.0232. The number of guanidine groups is 1. The molecule has 1 aliphatic heterocycles. The highest BCUT2D eigenvalue weighted by molar-refractivity contribution is 5.98. The Bertz CT molecular complexity index is 1130. The Balaban J connectivity index is 1.32. The number of rotatable bonds is 6. The number of anilines is 1. The molecule has 0 aliphatic carbocycles. The Labute approximate surface area is 193 Å². The zero-order chi connectivity index (χ0) is 23.2. The van der Waals surface area contributed by atoms with Gasteiger partial charge in [0.05, 0.1) is 19.0 Å². The van der Waals surface area contributed by atoms with Crippen molar-refractivity contribution in [1.29, 1.82) is 0 Å². The Morgan fingerprint density at radius 1 is 1.12 bits per heavy atom. The first-order chi connectivity index (χ1) is 16.1. The van der Waals surface area contributed by atoms with Crippen molar-refractivity contribution in [3.63, 3.8) is 0 Å². The average Bonchev–Trinajstić information content (AvgIpc) is 3.27.